The molecule has 0 unspecified atom stereocenters. The summed E-state index contributed by atoms with van der Waals surface area (Å²) in [5.41, 5.74) is 1.16. The molecule has 0 aliphatic rings. The molecule has 0 saturated heterocycles. The number of carboxylic acids is 1. The normalized spacial score (nSPS) is 10.1. The highest BCUT2D eigenvalue weighted by Crippen LogP contribution is 2.21. The van der Waals surface area contributed by atoms with Crippen molar-refractivity contribution in [2.75, 3.05) is 13.2 Å². The van der Waals surface area contributed by atoms with Crippen LogP contribution in [0.25, 0.3) is 0 Å². The molecule has 1 heterocycles. The first-order valence-corrected chi connectivity index (χ1v) is 7.28. The molecule has 0 aliphatic heterocycles. The predicted octanol–water partition coefficient (Wildman–Crippen LogP) is 2.18. The van der Waals surface area contributed by atoms with Crippen molar-refractivity contribution in [1.82, 2.24) is 5.32 Å². The molecule has 0 aliphatic carbocycles. The van der Waals surface area contributed by atoms with Gasteiger partial charge in [-0.15, -0.1) is 11.3 Å². The van der Waals surface area contributed by atoms with Gasteiger partial charge in [0, 0.05) is 18.0 Å². The SMILES string of the molecule is O=C(COc1csc(C(=O)O)c1)NCCc1ccccc1. The van der Waals surface area contributed by atoms with Crippen LogP contribution in [-0.4, -0.2) is 30.1 Å². The Balaban J connectivity index is 1.68. The van der Waals surface area contributed by atoms with Crippen LogP contribution >= 0.6 is 11.3 Å². The van der Waals surface area contributed by atoms with Crippen LogP contribution in [0.15, 0.2) is 41.8 Å². The summed E-state index contributed by atoms with van der Waals surface area (Å²) < 4.78 is 5.24. The van der Waals surface area contributed by atoms with E-state index in [2.05, 4.69) is 5.32 Å². The van der Waals surface area contributed by atoms with Gasteiger partial charge in [-0.2, -0.15) is 0 Å². The van der Waals surface area contributed by atoms with Gasteiger partial charge in [0.15, 0.2) is 6.61 Å². The molecule has 0 atom stereocenters. The molecule has 0 spiro atoms. The van der Waals surface area contributed by atoms with E-state index in [9.17, 15) is 9.59 Å². The Bertz CT molecular complexity index is 609. The quantitative estimate of drug-likeness (QED) is 0.822. The zero-order valence-corrected chi connectivity index (χ0v) is 12.1. The molecule has 2 aromatic rings. The minimum atomic E-state index is -0.998. The van der Waals surface area contributed by atoms with Crippen LogP contribution in [0.2, 0.25) is 0 Å². The number of carbonyl (C=O) groups excluding carboxylic acids is 1. The van der Waals surface area contributed by atoms with Crippen LogP contribution in [0.1, 0.15) is 15.2 Å². The molecule has 2 rings (SSSR count). The van der Waals surface area contributed by atoms with Gasteiger partial charge < -0.3 is 15.2 Å². The fourth-order valence-electron chi connectivity index (χ4n) is 1.70. The summed E-state index contributed by atoms with van der Waals surface area (Å²) in [4.78, 5) is 22.5. The average molecular weight is 305 g/mol. The van der Waals surface area contributed by atoms with Crippen molar-refractivity contribution in [2.24, 2.45) is 0 Å². The van der Waals surface area contributed by atoms with E-state index in [1.807, 2.05) is 30.3 Å². The molecular formula is C15H15NO4S. The highest BCUT2D eigenvalue weighted by molar-refractivity contribution is 7.12. The lowest BCUT2D eigenvalue weighted by Gasteiger charge is -2.06. The van der Waals surface area contributed by atoms with E-state index in [0.717, 1.165) is 23.3 Å². The van der Waals surface area contributed by atoms with Gasteiger partial charge in [0.2, 0.25) is 0 Å². The number of hydrogen-bond acceptors (Lipinski definition) is 4. The molecule has 2 N–H and O–H groups in total. The Morgan fingerprint density at radius 1 is 1.24 bits per heavy atom. The Morgan fingerprint density at radius 2 is 2.00 bits per heavy atom. The van der Waals surface area contributed by atoms with Crippen LogP contribution in [0.5, 0.6) is 5.75 Å². The molecule has 110 valence electrons. The molecular weight excluding hydrogens is 290 g/mol. The first-order chi connectivity index (χ1) is 10.1. The van der Waals surface area contributed by atoms with E-state index in [4.69, 9.17) is 9.84 Å². The Labute approximate surface area is 126 Å². The van der Waals surface area contributed by atoms with E-state index >= 15 is 0 Å². The zero-order valence-electron chi connectivity index (χ0n) is 11.2. The number of thiophene rings is 1. The number of aromatic carboxylic acids is 1. The standard InChI is InChI=1S/C15H15NO4S/c17-14(16-7-6-11-4-2-1-3-5-11)9-20-12-8-13(15(18)19)21-10-12/h1-5,8,10H,6-7,9H2,(H,16,17)(H,18,19). The summed E-state index contributed by atoms with van der Waals surface area (Å²) in [6, 6.07) is 11.3. The lowest BCUT2D eigenvalue weighted by Crippen LogP contribution is -2.30. The Kier molecular flexibility index (Phi) is 5.34. The molecule has 21 heavy (non-hydrogen) atoms. The van der Waals surface area contributed by atoms with Gasteiger partial charge in [0.1, 0.15) is 10.6 Å². The summed E-state index contributed by atoms with van der Waals surface area (Å²) in [5.74, 6) is -0.827. The van der Waals surface area contributed by atoms with Crippen molar-refractivity contribution in [3.8, 4) is 5.75 Å². The Morgan fingerprint density at radius 3 is 2.67 bits per heavy atom. The maximum atomic E-state index is 11.6. The lowest BCUT2D eigenvalue weighted by molar-refractivity contribution is -0.123. The van der Waals surface area contributed by atoms with Crippen molar-refractivity contribution in [3.05, 3.63) is 52.2 Å². The molecule has 0 fully saturated rings. The van der Waals surface area contributed by atoms with E-state index in [1.165, 1.54) is 6.07 Å². The van der Waals surface area contributed by atoms with Crippen molar-refractivity contribution in [2.45, 2.75) is 6.42 Å². The summed E-state index contributed by atoms with van der Waals surface area (Å²) in [6.45, 7) is 0.417. The fraction of sp³-hybridized carbons (Fsp3) is 0.200. The number of amides is 1. The molecule has 0 radical (unpaired) electrons. The second kappa shape index (κ2) is 7.44. The third kappa shape index (κ3) is 4.92. The molecule has 1 amide bonds. The van der Waals surface area contributed by atoms with Crippen LogP contribution in [0.4, 0.5) is 0 Å². The molecule has 0 bridgehead atoms. The summed E-state index contributed by atoms with van der Waals surface area (Å²) in [5, 5.41) is 13.1. The number of benzene rings is 1. The molecule has 1 aromatic carbocycles. The summed E-state index contributed by atoms with van der Waals surface area (Å²) in [6.07, 6.45) is 0.758. The van der Waals surface area contributed by atoms with Gasteiger partial charge in [-0.25, -0.2) is 4.79 Å². The first-order valence-electron chi connectivity index (χ1n) is 6.40. The van der Waals surface area contributed by atoms with E-state index in [-0.39, 0.29) is 17.4 Å². The van der Waals surface area contributed by atoms with E-state index in [0.29, 0.717) is 12.3 Å². The summed E-state index contributed by atoms with van der Waals surface area (Å²) in [7, 11) is 0. The largest absolute Gasteiger partial charge is 0.483 e. The number of ether oxygens (including phenoxy) is 1. The maximum Gasteiger partial charge on any atom is 0.346 e. The third-order valence-electron chi connectivity index (χ3n) is 2.73. The minimum absolute atomic E-state index is 0.120. The van der Waals surface area contributed by atoms with Crippen LogP contribution in [-0.2, 0) is 11.2 Å². The number of hydrogen-bond donors (Lipinski definition) is 2. The van der Waals surface area contributed by atoms with Crippen LogP contribution in [0.3, 0.4) is 0 Å². The average Bonchev–Trinajstić information content (AvgIpc) is 2.95. The highest BCUT2D eigenvalue weighted by Gasteiger charge is 2.09. The Hall–Kier alpha value is -2.34. The van der Waals surface area contributed by atoms with Gasteiger partial charge in [0.05, 0.1) is 0 Å². The van der Waals surface area contributed by atoms with Crippen LogP contribution in [0, 0.1) is 0 Å². The number of carboxylic acid groups (broad SMARTS) is 1. The van der Waals surface area contributed by atoms with Crippen molar-refractivity contribution in [3.63, 3.8) is 0 Å². The second-order valence-corrected chi connectivity index (χ2v) is 5.24. The van der Waals surface area contributed by atoms with Crippen LogP contribution < -0.4 is 10.1 Å². The molecule has 1 aromatic heterocycles. The highest BCUT2D eigenvalue weighted by atomic mass is 32.1. The van der Waals surface area contributed by atoms with Crippen molar-refractivity contribution < 1.29 is 19.4 Å². The fourth-order valence-corrected chi connectivity index (χ4v) is 2.36. The van der Waals surface area contributed by atoms with Crippen molar-refractivity contribution >= 4 is 23.2 Å². The molecule has 5 nitrogen and oxygen atoms in total. The predicted molar refractivity (Wildman–Crippen MR) is 79.9 cm³/mol. The second-order valence-electron chi connectivity index (χ2n) is 4.33. The van der Waals surface area contributed by atoms with E-state index in [1.54, 1.807) is 5.38 Å². The van der Waals surface area contributed by atoms with Gasteiger partial charge in [-0.1, -0.05) is 30.3 Å². The zero-order chi connectivity index (χ0) is 15.1. The number of rotatable bonds is 7. The third-order valence-corrected chi connectivity index (χ3v) is 3.63. The van der Waals surface area contributed by atoms with Gasteiger partial charge in [-0.3, -0.25) is 4.79 Å². The lowest BCUT2D eigenvalue weighted by atomic mass is 10.1. The van der Waals surface area contributed by atoms with Gasteiger partial charge in [-0.05, 0) is 12.0 Å². The van der Waals surface area contributed by atoms with Gasteiger partial charge >= 0.3 is 5.97 Å². The van der Waals surface area contributed by atoms with Crippen molar-refractivity contribution in [1.29, 1.82) is 0 Å². The van der Waals surface area contributed by atoms with Gasteiger partial charge in [0.25, 0.3) is 5.91 Å². The number of nitrogens with one attached hydrogen (secondary N) is 1. The molecule has 0 saturated carbocycles. The topological polar surface area (TPSA) is 75.6 Å². The van der Waals surface area contributed by atoms with E-state index < -0.39 is 5.97 Å². The summed E-state index contributed by atoms with van der Waals surface area (Å²) >= 11 is 1.07. The maximum absolute atomic E-state index is 11.6. The minimum Gasteiger partial charge on any atom is -0.483 e. The smallest absolute Gasteiger partial charge is 0.346 e. The monoisotopic (exact) mass is 305 g/mol. The molecule has 6 heteroatoms. The first kappa shape index (κ1) is 15.1. The number of carbonyl (C=O) groups is 2.